The van der Waals surface area contributed by atoms with Crippen LogP contribution in [0, 0.1) is 5.82 Å². The van der Waals surface area contributed by atoms with E-state index in [1.165, 1.54) is 12.1 Å². The average Bonchev–Trinajstić information content (AvgIpc) is 3.16. The van der Waals surface area contributed by atoms with Gasteiger partial charge in [0.1, 0.15) is 11.9 Å². The van der Waals surface area contributed by atoms with E-state index in [1.807, 2.05) is 6.92 Å². The van der Waals surface area contributed by atoms with Crippen LogP contribution in [0.5, 0.6) is 0 Å². The fourth-order valence-corrected chi connectivity index (χ4v) is 3.61. The van der Waals surface area contributed by atoms with E-state index < -0.39 is 0 Å². The number of hydrogen-bond donors (Lipinski definition) is 1. The minimum Gasteiger partial charge on any atom is -0.375 e. The first kappa shape index (κ1) is 18.6. The normalized spacial score (nSPS) is 24.6. The Labute approximate surface area is 156 Å². The maximum absolute atomic E-state index is 13.5. The number of nitrogens with zero attached hydrogens (tertiary/aromatic N) is 2. The van der Waals surface area contributed by atoms with Gasteiger partial charge in [-0.1, -0.05) is 15.9 Å². The molecule has 138 valence electrons. The molecule has 0 aromatic heterocycles. The lowest BCUT2D eigenvalue weighted by atomic mass is 10.1. The summed E-state index contributed by atoms with van der Waals surface area (Å²) in [6, 6.07) is 4.68. The molecule has 1 N–H and O–H groups in total. The largest absolute Gasteiger partial charge is 0.375 e. The van der Waals surface area contributed by atoms with E-state index in [0.717, 1.165) is 55.1 Å². The summed E-state index contributed by atoms with van der Waals surface area (Å²) < 4.78 is 26.0. The maximum atomic E-state index is 13.5. The van der Waals surface area contributed by atoms with E-state index in [0.29, 0.717) is 13.2 Å². The molecular weight excluding hydrogens is 389 g/mol. The molecule has 2 aliphatic rings. The van der Waals surface area contributed by atoms with Crippen LogP contribution in [-0.2, 0) is 16.0 Å². The molecule has 2 unspecified atom stereocenters. The standard InChI is InChI=1S/C18H25BrFN3O2/c1-2-21-18(22-11-13-10-14(20)5-6-15(13)19)23-7-9-25-17(12-23)16-4-3-8-24-16/h5-6,10,16-17H,2-4,7-9,11-12H2,1H3,(H,21,22). The molecule has 1 aromatic rings. The van der Waals surface area contributed by atoms with Gasteiger partial charge in [-0.15, -0.1) is 0 Å². The minimum atomic E-state index is -0.247. The lowest BCUT2D eigenvalue weighted by Gasteiger charge is -2.37. The van der Waals surface area contributed by atoms with Gasteiger partial charge < -0.3 is 19.7 Å². The predicted octanol–water partition coefficient (Wildman–Crippen LogP) is 2.93. The van der Waals surface area contributed by atoms with E-state index in [2.05, 4.69) is 26.1 Å². The molecule has 0 amide bonds. The van der Waals surface area contributed by atoms with Crippen molar-refractivity contribution in [2.45, 2.75) is 38.5 Å². The Morgan fingerprint density at radius 1 is 1.36 bits per heavy atom. The van der Waals surface area contributed by atoms with E-state index in [4.69, 9.17) is 14.5 Å². The SMILES string of the molecule is CCNC(=NCc1cc(F)ccc1Br)N1CCOC(C2CCCO2)C1. The number of rotatable bonds is 4. The van der Waals surface area contributed by atoms with Crippen molar-refractivity contribution >= 4 is 21.9 Å². The summed E-state index contributed by atoms with van der Waals surface area (Å²) in [4.78, 5) is 6.92. The second kappa shape index (κ2) is 8.96. The third-order valence-electron chi connectivity index (χ3n) is 4.51. The van der Waals surface area contributed by atoms with Gasteiger partial charge in [0.25, 0.3) is 0 Å². The fourth-order valence-electron chi connectivity index (χ4n) is 3.24. The Morgan fingerprint density at radius 2 is 2.20 bits per heavy atom. The lowest BCUT2D eigenvalue weighted by molar-refractivity contribution is -0.0817. The van der Waals surface area contributed by atoms with Crippen molar-refractivity contribution in [3.8, 4) is 0 Å². The van der Waals surface area contributed by atoms with Crippen LogP contribution in [0.4, 0.5) is 4.39 Å². The van der Waals surface area contributed by atoms with E-state index in [-0.39, 0.29) is 18.0 Å². The predicted molar refractivity (Wildman–Crippen MR) is 99.2 cm³/mol. The molecular formula is C18H25BrFN3O2. The van der Waals surface area contributed by atoms with Gasteiger partial charge in [0.05, 0.1) is 19.3 Å². The molecule has 0 spiro atoms. The molecule has 2 fully saturated rings. The summed E-state index contributed by atoms with van der Waals surface area (Å²) in [5, 5.41) is 3.34. The van der Waals surface area contributed by atoms with Gasteiger partial charge in [-0.05, 0) is 43.5 Å². The van der Waals surface area contributed by atoms with Crippen molar-refractivity contribution in [2.24, 2.45) is 4.99 Å². The third-order valence-corrected chi connectivity index (χ3v) is 5.29. The second-order valence-electron chi connectivity index (χ2n) is 6.31. The molecule has 7 heteroatoms. The molecule has 0 aliphatic carbocycles. The van der Waals surface area contributed by atoms with Gasteiger partial charge in [-0.3, -0.25) is 0 Å². The molecule has 0 bridgehead atoms. The second-order valence-corrected chi connectivity index (χ2v) is 7.17. The lowest BCUT2D eigenvalue weighted by Crippen LogP contribution is -2.53. The van der Waals surface area contributed by atoms with Crippen molar-refractivity contribution in [3.05, 3.63) is 34.1 Å². The minimum absolute atomic E-state index is 0.0843. The number of guanidine groups is 1. The van der Waals surface area contributed by atoms with Gasteiger partial charge in [-0.2, -0.15) is 0 Å². The first-order valence-corrected chi connectivity index (χ1v) is 9.67. The van der Waals surface area contributed by atoms with E-state index in [1.54, 1.807) is 6.07 Å². The Hall–Kier alpha value is -1.18. The highest BCUT2D eigenvalue weighted by Gasteiger charge is 2.32. The highest BCUT2D eigenvalue weighted by molar-refractivity contribution is 9.10. The molecule has 0 radical (unpaired) electrons. The van der Waals surface area contributed by atoms with Crippen LogP contribution >= 0.6 is 15.9 Å². The Morgan fingerprint density at radius 3 is 2.96 bits per heavy atom. The molecule has 25 heavy (non-hydrogen) atoms. The molecule has 2 saturated heterocycles. The fraction of sp³-hybridized carbons (Fsp3) is 0.611. The molecule has 0 saturated carbocycles. The first-order valence-electron chi connectivity index (χ1n) is 8.87. The number of morpholine rings is 1. The van der Waals surface area contributed by atoms with E-state index >= 15 is 0 Å². The molecule has 2 aliphatic heterocycles. The summed E-state index contributed by atoms with van der Waals surface area (Å²) >= 11 is 3.46. The molecule has 2 atom stereocenters. The number of benzene rings is 1. The average molecular weight is 414 g/mol. The summed E-state index contributed by atoms with van der Waals surface area (Å²) in [5.74, 6) is 0.591. The number of nitrogens with one attached hydrogen (secondary N) is 1. The third kappa shape index (κ3) is 4.92. The van der Waals surface area contributed by atoms with E-state index in [9.17, 15) is 4.39 Å². The Balaban J connectivity index is 1.69. The van der Waals surface area contributed by atoms with Crippen molar-refractivity contribution in [2.75, 3.05) is 32.8 Å². The Bertz CT molecular complexity index is 608. The summed E-state index contributed by atoms with van der Waals surface area (Å²) in [5.41, 5.74) is 0.833. The van der Waals surface area contributed by atoms with Crippen LogP contribution < -0.4 is 5.32 Å². The van der Waals surface area contributed by atoms with Gasteiger partial charge in [-0.25, -0.2) is 9.38 Å². The quantitative estimate of drug-likeness (QED) is 0.608. The topological polar surface area (TPSA) is 46.1 Å². The molecule has 5 nitrogen and oxygen atoms in total. The van der Waals surface area contributed by atoms with Crippen LogP contribution in [0.1, 0.15) is 25.3 Å². The number of ether oxygens (including phenoxy) is 2. The maximum Gasteiger partial charge on any atom is 0.194 e. The smallest absolute Gasteiger partial charge is 0.194 e. The van der Waals surface area contributed by atoms with Crippen molar-refractivity contribution < 1.29 is 13.9 Å². The highest BCUT2D eigenvalue weighted by atomic mass is 79.9. The zero-order valence-corrected chi connectivity index (χ0v) is 16.1. The number of aliphatic imine (C=N–C) groups is 1. The highest BCUT2D eigenvalue weighted by Crippen LogP contribution is 2.22. The summed E-state index contributed by atoms with van der Waals surface area (Å²) in [6.07, 6.45) is 2.43. The van der Waals surface area contributed by atoms with Crippen LogP contribution in [0.25, 0.3) is 0 Å². The summed E-state index contributed by atoms with van der Waals surface area (Å²) in [7, 11) is 0. The number of hydrogen-bond acceptors (Lipinski definition) is 3. The van der Waals surface area contributed by atoms with Crippen LogP contribution in [0.2, 0.25) is 0 Å². The van der Waals surface area contributed by atoms with Crippen molar-refractivity contribution in [1.82, 2.24) is 10.2 Å². The van der Waals surface area contributed by atoms with Gasteiger partial charge >= 0.3 is 0 Å². The van der Waals surface area contributed by atoms with Gasteiger partial charge in [0.15, 0.2) is 5.96 Å². The zero-order valence-electron chi connectivity index (χ0n) is 14.5. The Kier molecular flexibility index (Phi) is 6.67. The van der Waals surface area contributed by atoms with Crippen LogP contribution in [-0.4, -0.2) is 55.9 Å². The zero-order chi connectivity index (χ0) is 17.6. The monoisotopic (exact) mass is 413 g/mol. The van der Waals surface area contributed by atoms with Crippen molar-refractivity contribution in [3.63, 3.8) is 0 Å². The molecule has 3 rings (SSSR count). The number of halogens is 2. The first-order chi connectivity index (χ1) is 12.2. The van der Waals surface area contributed by atoms with Crippen molar-refractivity contribution in [1.29, 1.82) is 0 Å². The van der Waals surface area contributed by atoms with Crippen LogP contribution in [0.3, 0.4) is 0 Å². The van der Waals surface area contributed by atoms with Crippen LogP contribution in [0.15, 0.2) is 27.7 Å². The van der Waals surface area contributed by atoms with Gasteiger partial charge in [0, 0.05) is 30.7 Å². The van der Waals surface area contributed by atoms with Gasteiger partial charge in [0.2, 0.25) is 0 Å². The molecule has 1 aromatic carbocycles. The summed E-state index contributed by atoms with van der Waals surface area (Å²) in [6.45, 7) is 6.30. The molecule has 2 heterocycles.